The van der Waals surface area contributed by atoms with Crippen LogP contribution >= 0.6 is 0 Å². The van der Waals surface area contributed by atoms with E-state index in [0.29, 0.717) is 18.4 Å². The minimum atomic E-state index is -0.567. The lowest BCUT2D eigenvalue weighted by Crippen LogP contribution is -2.37. The Bertz CT molecular complexity index is 506. The normalized spacial score (nSPS) is 24.9. The topological polar surface area (TPSA) is 54.0 Å². The van der Waals surface area contributed by atoms with Gasteiger partial charge in [-0.25, -0.2) is 9.37 Å². The zero-order valence-electron chi connectivity index (χ0n) is 12.9. The number of nitrogens with zero attached hydrogens (tertiary/aromatic N) is 1. The van der Waals surface area contributed by atoms with Crippen LogP contribution in [0.15, 0.2) is 12.3 Å². The Labute approximate surface area is 125 Å². The number of halogens is 1. The van der Waals surface area contributed by atoms with Crippen LogP contribution in [0.3, 0.4) is 0 Å². The van der Waals surface area contributed by atoms with Gasteiger partial charge in [-0.3, -0.25) is 4.79 Å². The van der Waals surface area contributed by atoms with Crippen molar-refractivity contribution in [2.24, 2.45) is 11.8 Å². The molecule has 0 bridgehead atoms. The predicted molar refractivity (Wildman–Crippen MR) is 81.8 cm³/mol. The van der Waals surface area contributed by atoms with Crippen LogP contribution in [0.1, 0.15) is 50.4 Å². The maximum Gasteiger partial charge on any atom is 0.254 e. The highest BCUT2D eigenvalue weighted by molar-refractivity contribution is 5.95. The van der Waals surface area contributed by atoms with Crippen LogP contribution in [0, 0.1) is 17.7 Å². The number of anilines is 1. The predicted octanol–water partition coefficient (Wildman–Crippen LogP) is 3.21. The highest BCUT2D eigenvalue weighted by atomic mass is 19.1. The lowest BCUT2D eigenvalue weighted by Gasteiger charge is -2.20. The average molecular weight is 293 g/mol. The molecule has 1 saturated carbocycles. The van der Waals surface area contributed by atoms with Crippen molar-refractivity contribution in [3.05, 3.63) is 23.6 Å². The third kappa shape index (κ3) is 3.52. The first-order valence-electron chi connectivity index (χ1n) is 7.73. The molecule has 3 unspecified atom stereocenters. The molecule has 116 valence electrons. The summed E-state index contributed by atoms with van der Waals surface area (Å²) >= 11 is 0. The summed E-state index contributed by atoms with van der Waals surface area (Å²) < 4.78 is 14.3. The van der Waals surface area contributed by atoms with Gasteiger partial charge in [0.15, 0.2) is 11.6 Å². The number of amides is 1. The Morgan fingerprint density at radius 3 is 2.81 bits per heavy atom. The third-order valence-electron chi connectivity index (χ3n) is 4.46. The van der Waals surface area contributed by atoms with Crippen LogP contribution in [-0.4, -0.2) is 23.5 Å². The van der Waals surface area contributed by atoms with Gasteiger partial charge in [0.05, 0.1) is 5.56 Å². The molecule has 2 N–H and O–H groups in total. The first kappa shape index (κ1) is 15.7. The summed E-state index contributed by atoms with van der Waals surface area (Å²) in [5.74, 6) is 0.260. The minimum Gasteiger partial charge on any atom is -0.368 e. The molecule has 1 aromatic heterocycles. The first-order chi connectivity index (χ1) is 10.0. The van der Waals surface area contributed by atoms with Gasteiger partial charge in [-0.1, -0.05) is 20.8 Å². The van der Waals surface area contributed by atoms with Gasteiger partial charge in [-0.05, 0) is 37.2 Å². The van der Waals surface area contributed by atoms with Gasteiger partial charge < -0.3 is 10.6 Å². The highest BCUT2D eigenvalue weighted by Gasteiger charge is 2.31. The lowest BCUT2D eigenvalue weighted by molar-refractivity contribution is 0.0923. The summed E-state index contributed by atoms with van der Waals surface area (Å²) in [5, 5.41) is 5.87. The zero-order chi connectivity index (χ0) is 15.4. The second kappa shape index (κ2) is 6.87. The molecule has 0 aromatic carbocycles. The minimum absolute atomic E-state index is 0.0651. The molecule has 1 aliphatic carbocycles. The van der Waals surface area contributed by atoms with Crippen molar-refractivity contribution < 1.29 is 9.18 Å². The molecule has 2 rings (SSSR count). The molecule has 1 aliphatic rings. The van der Waals surface area contributed by atoms with E-state index in [0.717, 1.165) is 19.3 Å². The molecular weight excluding hydrogens is 269 g/mol. The van der Waals surface area contributed by atoms with E-state index in [9.17, 15) is 9.18 Å². The Kier molecular flexibility index (Phi) is 5.15. The first-order valence-corrected chi connectivity index (χ1v) is 7.73. The van der Waals surface area contributed by atoms with Gasteiger partial charge in [-0.15, -0.1) is 0 Å². The van der Waals surface area contributed by atoms with Gasteiger partial charge in [0, 0.05) is 18.8 Å². The number of hydrogen-bond donors (Lipinski definition) is 2. The van der Waals surface area contributed by atoms with Gasteiger partial charge in [0.1, 0.15) is 0 Å². The van der Waals surface area contributed by atoms with E-state index in [1.807, 2.05) is 6.92 Å². The largest absolute Gasteiger partial charge is 0.368 e. The quantitative estimate of drug-likeness (QED) is 0.876. The van der Waals surface area contributed by atoms with Crippen molar-refractivity contribution in [3.8, 4) is 0 Å². The summed E-state index contributed by atoms with van der Waals surface area (Å²) in [6.07, 6.45) is 4.40. The fourth-order valence-corrected chi connectivity index (χ4v) is 2.80. The van der Waals surface area contributed by atoms with Crippen molar-refractivity contribution >= 4 is 11.7 Å². The fraction of sp³-hybridized carbons (Fsp3) is 0.625. The Balaban J connectivity index is 2.09. The maximum atomic E-state index is 14.3. The summed E-state index contributed by atoms with van der Waals surface area (Å²) in [4.78, 5) is 16.2. The molecule has 0 aliphatic heterocycles. The van der Waals surface area contributed by atoms with Crippen LogP contribution in [-0.2, 0) is 0 Å². The van der Waals surface area contributed by atoms with E-state index in [1.165, 1.54) is 12.3 Å². The van der Waals surface area contributed by atoms with Crippen LogP contribution in [0.2, 0.25) is 0 Å². The molecule has 1 heterocycles. The zero-order valence-corrected chi connectivity index (χ0v) is 12.9. The lowest BCUT2D eigenvalue weighted by atomic mass is 9.97. The van der Waals surface area contributed by atoms with E-state index >= 15 is 0 Å². The van der Waals surface area contributed by atoms with Crippen molar-refractivity contribution in [3.63, 3.8) is 0 Å². The fourth-order valence-electron chi connectivity index (χ4n) is 2.80. The van der Waals surface area contributed by atoms with Gasteiger partial charge >= 0.3 is 0 Å². The van der Waals surface area contributed by atoms with E-state index in [4.69, 9.17) is 0 Å². The molecule has 21 heavy (non-hydrogen) atoms. The number of rotatable bonds is 5. The molecule has 1 fully saturated rings. The molecular formula is C16H24FN3O. The van der Waals surface area contributed by atoms with E-state index in [1.54, 1.807) is 0 Å². The van der Waals surface area contributed by atoms with E-state index in [-0.39, 0.29) is 23.3 Å². The molecule has 1 amide bonds. The summed E-state index contributed by atoms with van der Waals surface area (Å²) in [7, 11) is 0. The second-order valence-corrected chi connectivity index (χ2v) is 5.94. The Morgan fingerprint density at radius 1 is 1.43 bits per heavy atom. The van der Waals surface area contributed by atoms with Crippen LogP contribution in [0.5, 0.6) is 0 Å². The molecule has 4 nitrogen and oxygen atoms in total. The average Bonchev–Trinajstić information content (AvgIpc) is 2.78. The number of carbonyl (C=O) groups is 1. The van der Waals surface area contributed by atoms with Crippen molar-refractivity contribution in [2.75, 3.05) is 11.9 Å². The Hall–Kier alpha value is -1.65. The summed E-state index contributed by atoms with van der Waals surface area (Å²) in [5.41, 5.74) is 0.0651. The van der Waals surface area contributed by atoms with Gasteiger partial charge in [0.2, 0.25) is 0 Å². The van der Waals surface area contributed by atoms with Crippen molar-refractivity contribution in [2.45, 2.75) is 46.1 Å². The van der Waals surface area contributed by atoms with E-state index in [2.05, 4.69) is 29.5 Å². The SMILES string of the molecule is CCCNc1nccc(C(=O)NC2CCC(C)C2C)c1F. The van der Waals surface area contributed by atoms with Crippen LogP contribution in [0.4, 0.5) is 10.2 Å². The highest BCUT2D eigenvalue weighted by Crippen LogP contribution is 2.31. The molecule has 0 spiro atoms. The Morgan fingerprint density at radius 2 is 2.19 bits per heavy atom. The van der Waals surface area contributed by atoms with Crippen molar-refractivity contribution in [1.29, 1.82) is 0 Å². The second-order valence-electron chi connectivity index (χ2n) is 5.94. The molecule has 1 aromatic rings. The van der Waals surface area contributed by atoms with Crippen LogP contribution in [0.25, 0.3) is 0 Å². The molecule has 0 radical (unpaired) electrons. The number of aromatic nitrogens is 1. The standard InChI is InChI=1S/C16H24FN3O/c1-4-8-18-15-14(17)12(7-9-19-15)16(21)20-13-6-5-10(2)11(13)3/h7,9-11,13H,4-6,8H2,1-3H3,(H,18,19)(H,20,21). The smallest absolute Gasteiger partial charge is 0.254 e. The number of pyridine rings is 1. The van der Waals surface area contributed by atoms with Crippen LogP contribution < -0.4 is 10.6 Å². The monoisotopic (exact) mass is 293 g/mol. The number of carbonyl (C=O) groups excluding carboxylic acids is 1. The summed E-state index contributed by atoms with van der Waals surface area (Å²) in [6, 6.07) is 1.57. The number of hydrogen-bond acceptors (Lipinski definition) is 3. The van der Waals surface area contributed by atoms with Gasteiger partial charge in [-0.2, -0.15) is 0 Å². The number of nitrogens with one attached hydrogen (secondary N) is 2. The molecule has 0 saturated heterocycles. The maximum absolute atomic E-state index is 14.3. The van der Waals surface area contributed by atoms with E-state index < -0.39 is 5.82 Å². The van der Waals surface area contributed by atoms with Crippen molar-refractivity contribution in [1.82, 2.24) is 10.3 Å². The molecule has 3 atom stereocenters. The molecule has 5 heteroatoms. The third-order valence-corrected chi connectivity index (χ3v) is 4.46. The summed E-state index contributed by atoms with van der Waals surface area (Å²) in [6.45, 7) is 6.95. The van der Waals surface area contributed by atoms with Gasteiger partial charge in [0.25, 0.3) is 5.91 Å².